The molecule has 3 rings (SSSR count). The Morgan fingerprint density at radius 1 is 1.06 bits per heavy atom. The van der Waals surface area contributed by atoms with E-state index in [-0.39, 0.29) is 18.1 Å². The molecule has 0 aromatic heterocycles. The van der Waals surface area contributed by atoms with Gasteiger partial charge in [-0.1, -0.05) is 28.1 Å². The standard InChI is InChI=1S/C27H23Br2N3O4/c1-16-5-4-6-24(17(16)2)32-25(33)15-36-26-18(12-20(28)13-23(26)29)11-19(14-30)27(34)31-21-7-9-22(35-3)10-8-21/h4-13H,15H2,1-3H3,(H,31,34)(H,32,33)/b19-11-. The minimum absolute atomic E-state index is 0.138. The van der Waals surface area contributed by atoms with Gasteiger partial charge in [0.2, 0.25) is 0 Å². The second-order valence-electron chi connectivity index (χ2n) is 7.74. The molecular formula is C27H23Br2N3O4. The fourth-order valence-electron chi connectivity index (χ4n) is 3.23. The number of rotatable bonds is 8. The summed E-state index contributed by atoms with van der Waals surface area (Å²) in [6.07, 6.45) is 1.41. The Balaban J connectivity index is 1.80. The molecule has 184 valence electrons. The number of carbonyl (C=O) groups is 2. The summed E-state index contributed by atoms with van der Waals surface area (Å²) in [7, 11) is 1.55. The van der Waals surface area contributed by atoms with Crippen LogP contribution in [0.15, 0.2) is 69.1 Å². The second-order valence-corrected chi connectivity index (χ2v) is 9.51. The normalized spacial score (nSPS) is 10.8. The lowest BCUT2D eigenvalue weighted by Crippen LogP contribution is -2.21. The van der Waals surface area contributed by atoms with Crippen molar-refractivity contribution in [3.8, 4) is 17.6 Å². The third-order valence-corrected chi connectivity index (χ3v) is 6.32. The van der Waals surface area contributed by atoms with Crippen molar-refractivity contribution in [1.82, 2.24) is 0 Å². The van der Waals surface area contributed by atoms with Gasteiger partial charge in [0.1, 0.15) is 23.1 Å². The van der Waals surface area contributed by atoms with E-state index in [1.165, 1.54) is 6.08 Å². The van der Waals surface area contributed by atoms with Crippen LogP contribution in [-0.4, -0.2) is 25.5 Å². The van der Waals surface area contributed by atoms with Crippen molar-refractivity contribution in [3.05, 3.63) is 85.8 Å². The Kier molecular flexibility index (Phi) is 9.28. The first-order valence-electron chi connectivity index (χ1n) is 10.8. The van der Waals surface area contributed by atoms with Gasteiger partial charge in [0.15, 0.2) is 6.61 Å². The summed E-state index contributed by atoms with van der Waals surface area (Å²) in [6.45, 7) is 3.63. The first kappa shape index (κ1) is 27.0. The Bertz CT molecular complexity index is 1360. The molecule has 0 saturated heterocycles. The van der Waals surface area contributed by atoms with Crippen molar-refractivity contribution in [3.63, 3.8) is 0 Å². The van der Waals surface area contributed by atoms with Crippen LogP contribution in [0.4, 0.5) is 11.4 Å². The van der Waals surface area contributed by atoms with Gasteiger partial charge < -0.3 is 20.1 Å². The Hall–Kier alpha value is -3.61. The lowest BCUT2D eigenvalue weighted by Gasteiger charge is -2.14. The van der Waals surface area contributed by atoms with Gasteiger partial charge in [0.25, 0.3) is 11.8 Å². The van der Waals surface area contributed by atoms with Crippen LogP contribution in [0.3, 0.4) is 0 Å². The van der Waals surface area contributed by atoms with Crippen LogP contribution in [0.1, 0.15) is 16.7 Å². The van der Waals surface area contributed by atoms with Crippen molar-refractivity contribution >= 4 is 61.1 Å². The van der Waals surface area contributed by atoms with E-state index in [0.717, 1.165) is 11.1 Å². The van der Waals surface area contributed by atoms with Gasteiger partial charge in [-0.2, -0.15) is 5.26 Å². The number of carbonyl (C=O) groups excluding carboxylic acids is 2. The number of halogens is 2. The maximum absolute atomic E-state index is 12.8. The van der Waals surface area contributed by atoms with E-state index in [4.69, 9.17) is 9.47 Å². The molecule has 0 heterocycles. The van der Waals surface area contributed by atoms with Gasteiger partial charge >= 0.3 is 0 Å². The Labute approximate surface area is 226 Å². The molecule has 7 nitrogen and oxygen atoms in total. The predicted octanol–water partition coefficient (Wildman–Crippen LogP) is 6.40. The highest BCUT2D eigenvalue weighted by atomic mass is 79.9. The molecule has 0 unspecified atom stereocenters. The zero-order valence-electron chi connectivity index (χ0n) is 19.8. The van der Waals surface area contributed by atoms with Crippen LogP contribution in [-0.2, 0) is 9.59 Å². The third-order valence-electron chi connectivity index (χ3n) is 5.28. The highest BCUT2D eigenvalue weighted by Gasteiger charge is 2.16. The number of nitriles is 1. The number of hydrogen-bond donors (Lipinski definition) is 2. The highest BCUT2D eigenvalue weighted by Crippen LogP contribution is 2.34. The molecule has 36 heavy (non-hydrogen) atoms. The van der Waals surface area contributed by atoms with Gasteiger partial charge in [-0.25, -0.2) is 0 Å². The van der Waals surface area contributed by atoms with E-state index in [1.807, 2.05) is 38.1 Å². The molecule has 3 aromatic carbocycles. The number of anilines is 2. The van der Waals surface area contributed by atoms with Crippen LogP contribution >= 0.6 is 31.9 Å². The number of ether oxygens (including phenoxy) is 2. The minimum atomic E-state index is -0.586. The van der Waals surface area contributed by atoms with Crippen LogP contribution < -0.4 is 20.1 Å². The van der Waals surface area contributed by atoms with Gasteiger partial charge in [-0.05, 0) is 89.4 Å². The van der Waals surface area contributed by atoms with E-state index in [0.29, 0.717) is 37.4 Å². The topological polar surface area (TPSA) is 100 Å². The lowest BCUT2D eigenvalue weighted by molar-refractivity contribution is -0.118. The summed E-state index contributed by atoms with van der Waals surface area (Å²) in [5.41, 5.74) is 3.56. The maximum Gasteiger partial charge on any atom is 0.266 e. The number of amides is 2. The molecule has 0 atom stereocenters. The number of hydrogen-bond acceptors (Lipinski definition) is 5. The molecule has 2 amide bonds. The molecule has 0 aliphatic carbocycles. The molecule has 0 fully saturated rings. The summed E-state index contributed by atoms with van der Waals surface area (Å²) >= 11 is 6.85. The molecule has 0 spiro atoms. The monoisotopic (exact) mass is 611 g/mol. The average molecular weight is 613 g/mol. The van der Waals surface area contributed by atoms with E-state index in [2.05, 4.69) is 42.5 Å². The van der Waals surface area contributed by atoms with E-state index in [1.54, 1.807) is 43.5 Å². The van der Waals surface area contributed by atoms with E-state index < -0.39 is 5.91 Å². The number of nitrogens with zero attached hydrogens (tertiary/aromatic N) is 1. The molecule has 0 aliphatic rings. The van der Waals surface area contributed by atoms with E-state index >= 15 is 0 Å². The summed E-state index contributed by atoms with van der Waals surface area (Å²) < 4.78 is 12.2. The number of aryl methyl sites for hydroxylation is 1. The molecule has 0 saturated carbocycles. The summed E-state index contributed by atoms with van der Waals surface area (Å²) in [4.78, 5) is 25.3. The molecular weight excluding hydrogens is 590 g/mol. The third kappa shape index (κ3) is 6.97. The fraction of sp³-hybridized carbons (Fsp3) is 0.148. The van der Waals surface area contributed by atoms with Crippen molar-refractivity contribution < 1.29 is 19.1 Å². The Morgan fingerprint density at radius 3 is 2.44 bits per heavy atom. The predicted molar refractivity (Wildman–Crippen MR) is 147 cm³/mol. The second kappa shape index (κ2) is 12.4. The fourth-order valence-corrected chi connectivity index (χ4v) is 4.60. The summed E-state index contributed by atoms with van der Waals surface area (Å²) in [5, 5.41) is 15.2. The van der Waals surface area contributed by atoms with Crippen LogP contribution in [0, 0.1) is 25.2 Å². The zero-order chi connectivity index (χ0) is 26.2. The Morgan fingerprint density at radius 2 is 1.78 bits per heavy atom. The maximum atomic E-state index is 12.8. The molecule has 2 N–H and O–H groups in total. The van der Waals surface area contributed by atoms with Crippen molar-refractivity contribution in [2.24, 2.45) is 0 Å². The largest absolute Gasteiger partial charge is 0.497 e. The van der Waals surface area contributed by atoms with Crippen molar-refractivity contribution in [2.45, 2.75) is 13.8 Å². The quantitative estimate of drug-likeness (QED) is 0.226. The summed E-state index contributed by atoms with van der Waals surface area (Å²) in [5.74, 6) is 0.0364. The first-order valence-corrected chi connectivity index (χ1v) is 12.4. The van der Waals surface area contributed by atoms with Gasteiger partial charge in [-0.3, -0.25) is 9.59 Å². The molecule has 9 heteroatoms. The molecule has 3 aromatic rings. The minimum Gasteiger partial charge on any atom is -0.497 e. The van der Waals surface area contributed by atoms with Crippen LogP contribution in [0.25, 0.3) is 6.08 Å². The van der Waals surface area contributed by atoms with Gasteiger partial charge in [0.05, 0.1) is 11.6 Å². The van der Waals surface area contributed by atoms with Crippen LogP contribution in [0.2, 0.25) is 0 Å². The molecule has 0 bridgehead atoms. The van der Waals surface area contributed by atoms with Crippen molar-refractivity contribution in [1.29, 1.82) is 5.26 Å². The first-order chi connectivity index (χ1) is 17.2. The van der Waals surface area contributed by atoms with Crippen LogP contribution in [0.5, 0.6) is 11.5 Å². The summed E-state index contributed by atoms with van der Waals surface area (Å²) in [6, 6.07) is 17.8. The lowest BCUT2D eigenvalue weighted by atomic mass is 10.1. The number of methoxy groups -OCH3 is 1. The zero-order valence-corrected chi connectivity index (χ0v) is 23.0. The SMILES string of the molecule is COc1ccc(NC(=O)/C(C#N)=C\c2cc(Br)cc(Br)c2OCC(=O)Nc2cccc(C)c2C)cc1. The number of nitrogens with one attached hydrogen (secondary N) is 2. The van der Waals surface area contributed by atoms with E-state index in [9.17, 15) is 14.9 Å². The molecule has 0 aliphatic heterocycles. The molecule has 0 radical (unpaired) electrons. The highest BCUT2D eigenvalue weighted by molar-refractivity contribution is 9.11. The van der Waals surface area contributed by atoms with Gasteiger partial charge in [0, 0.05) is 21.4 Å². The van der Waals surface area contributed by atoms with Gasteiger partial charge in [-0.15, -0.1) is 0 Å². The average Bonchev–Trinajstić information content (AvgIpc) is 2.85. The number of benzene rings is 3. The smallest absolute Gasteiger partial charge is 0.266 e. The van der Waals surface area contributed by atoms with Crippen molar-refractivity contribution in [2.75, 3.05) is 24.4 Å².